The Bertz CT molecular complexity index is 896. The van der Waals surface area contributed by atoms with Gasteiger partial charge in [0.1, 0.15) is 5.82 Å². The molecule has 0 unspecified atom stereocenters. The summed E-state index contributed by atoms with van der Waals surface area (Å²) in [6, 6.07) is 15.4. The highest BCUT2D eigenvalue weighted by molar-refractivity contribution is 5.71. The van der Waals surface area contributed by atoms with Crippen LogP contribution < -0.4 is 0 Å². The molecule has 3 rings (SSSR count). The van der Waals surface area contributed by atoms with E-state index in [0.29, 0.717) is 5.56 Å². The Labute approximate surface area is 146 Å². The molecule has 0 nitrogen and oxygen atoms in total. The maximum Gasteiger partial charge on any atom is 0.167 e. The Morgan fingerprint density at radius 1 is 0.720 bits per heavy atom. The van der Waals surface area contributed by atoms with Crippen molar-refractivity contribution in [3.8, 4) is 22.3 Å². The summed E-state index contributed by atoms with van der Waals surface area (Å²) >= 11 is 0. The van der Waals surface area contributed by atoms with E-state index in [0.717, 1.165) is 18.4 Å². The second-order valence-corrected chi connectivity index (χ2v) is 6.20. The van der Waals surface area contributed by atoms with Crippen LogP contribution in [0.1, 0.15) is 24.5 Å². The fourth-order valence-corrected chi connectivity index (χ4v) is 2.92. The van der Waals surface area contributed by atoms with E-state index in [1.165, 1.54) is 36.8 Å². The molecule has 0 amide bonds. The van der Waals surface area contributed by atoms with Crippen molar-refractivity contribution in [3.05, 3.63) is 83.2 Å². The summed E-state index contributed by atoms with van der Waals surface area (Å²) in [5.41, 5.74) is 3.03. The van der Waals surface area contributed by atoms with Gasteiger partial charge in [-0.2, -0.15) is 0 Å². The predicted octanol–water partition coefficient (Wildman–Crippen LogP) is 6.70. The summed E-state index contributed by atoms with van der Waals surface area (Å²) in [5.74, 6) is -2.53. The normalized spacial score (nSPS) is 10.9. The third kappa shape index (κ3) is 3.46. The molecular weight excluding hydrogens is 321 g/mol. The molecule has 0 saturated heterocycles. The predicted molar refractivity (Wildman–Crippen MR) is 95.9 cm³/mol. The second-order valence-electron chi connectivity index (χ2n) is 6.20. The first-order valence-electron chi connectivity index (χ1n) is 8.35. The highest BCUT2D eigenvalue weighted by Crippen LogP contribution is 2.31. The Kier molecular flexibility index (Phi) is 4.93. The molecule has 0 bridgehead atoms. The third-order valence-electron chi connectivity index (χ3n) is 4.36. The number of hydrogen-bond donors (Lipinski definition) is 0. The fraction of sp³-hybridized carbons (Fsp3) is 0.182. The molecule has 3 aromatic carbocycles. The highest BCUT2D eigenvalue weighted by atomic mass is 19.2. The second kappa shape index (κ2) is 7.14. The molecule has 128 valence electrons. The van der Waals surface area contributed by atoms with Crippen molar-refractivity contribution in [1.29, 1.82) is 0 Å². The van der Waals surface area contributed by atoms with E-state index in [-0.39, 0.29) is 16.7 Å². The topological polar surface area (TPSA) is 0 Å². The lowest BCUT2D eigenvalue weighted by atomic mass is 9.97. The lowest BCUT2D eigenvalue weighted by Crippen LogP contribution is -1.95. The van der Waals surface area contributed by atoms with E-state index in [9.17, 15) is 13.2 Å². The van der Waals surface area contributed by atoms with Gasteiger partial charge in [0.05, 0.1) is 0 Å². The molecule has 0 spiro atoms. The van der Waals surface area contributed by atoms with Crippen molar-refractivity contribution in [2.45, 2.75) is 26.7 Å². The summed E-state index contributed by atoms with van der Waals surface area (Å²) in [6.45, 7) is 3.60. The lowest BCUT2D eigenvalue weighted by molar-refractivity contribution is 0.505. The molecule has 0 aliphatic carbocycles. The van der Waals surface area contributed by atoms with Gasteiger partial charge in [0.15, 0.2) is 11.6 Å². The molecule has 0 aromatic heterocycles. The van der Waals surface area contributed by atoms with Gasteiger partial charge in [-0.15, -0.1) is 0 Å². The van der Waals surface area contributed by atoms with Gasteiger partial charge in [0.2, 0.25) is 0 Å². The first-order chi connectivity index (χ1) is 12.0. The van der Waals surface area contributed by atoms with Crippen molar-refractivity contribution >= 4 is 0 Å². The molecule has 25 heavy (non-hydrogen) atoms. The van der Waals surface area contributed by atoms with E-state index >= 15 is 0 Å². The average Bonchev–Trinajstić information content (AvgIpc) is 2.61. The molecule has 0 atom stereocenters. The van der Waals surface area contributed by atoms with Crippen molar-refractivity contribution in [2.24, 2.45) is 0 Å². The third-order valence-corrected chi connectivity index (χ3v) is 4.36. The van der Waals surface area contributed by atoms with Crippen LogP contribution in [0.4, 0.5) is 13.2 Å². The molecule has 0 fully saturated rings. The maximum atomic E-state index is 14.5. The molecule has 3 aromatic rings. The van der Waals surface area contributed by atoms with E-state index in [4.69, 9.17) is 0 Å². The largest absolute Gasteiger partial charge is 0.206 e. The van der Waals surface area contributed by atoms with Crippen LogP contribution in [0.2, 0.25) is 0 Å². The first kappa shape index (κ1) is 17.3. The van der Waals surface area contributed by atoms with Gasteiger partial charge in [0.25, 0.3) is 0 Å². The lowest BCUT2D eigenvalue weighted by Gasteiger charge is -2.10. The highest BCUT2D eigenvalue weighted by Gasteiger charge is 2.16. The summed E-state index contributed by atoms with van der Waals surface area (Å²) in [5, 5.41) is 0. The zero-order valence-corrected chi connectivity index (χ0v) is 14.2. The fourth-order valence-electron chi connectivity index (χ4n) is 2.92. The van der Waals surface area contributed by atoms with Gasteiger partial charge in [-0.3, -0.25) is 0 Å². The first-order valence-corrected chi connectivity index (χ1v) is 8.35. The zero-order valence-electron chi connectivity index (χ0n) is 14.2. The van der Waals surface area contributed by atoms with Crippen LogP contribution in [0.3, 0.4) is 0 Å². The molecule has 0 saturated carbocycles. The van der Waals surface area contributed by atoms with Gasteiger partial charge in [-0.25, -0.2) is 13.2 Å². The Morgan fingerprint density at radius 3 is 2.00 bits per heavy atom. The smallest absolute Gasteiger partial charge is 0.167 e. The van der Waals surface area contributed by atoms with Crippen LogP contribution in [0, 0.1) is 24.4 Å². The molecule has 0 N–H and O–H groups in total. The SMILES string of the molecule is CCCc1ccc(-c2ccc(-c3ccc(C)c(F)c3F)c(F)c2)cc1. The summed E-state index contributed by atoms with van der Waals surface area (Å²) in [7, 11) is 0. The average molecular weight is 340 g/mol. The Morgan fingerprint density at radius 2 is 1.36 bits per heavy atom. The van der Waals surface area contributed by atoms with E-state index in [2.05, 4.69) is 6.92 Å². The number of aryl methyl sites for hydroxylation is 2. The van der Waals surface area contributed by atoms with Gasteiger partial charge < -0.3 is 0 Å². The van der Waals surface area contributed by atoms with Gasteiger partial charge in [-0.1, -0.05) is 61.9 Å². The molecule has 0 aliphatic rings. The zero-order chi connectivity index (χ0) is 18.0. The van der Waals surface area contributed by atoms with Crippen LogP contribution in [0.15, 0.2) is 54.6 Å². The van der Waals surface area contributed by atoms with Crippen molar-refractivity contribution in [2.75, 3.05) is 0 Å². The monoisotopic (exact) mass is 340 g/mol. The van der Waals surface area contributed by atoms with Crippen LogP contribution in [0.25, 0.3) is 22.3 Å². The summed E-state index contributed by atoms with van der Waals surface area (Å²) in [4.78, 5) is 0. The molecule has 0 heterocycles. The van der Waals surface area contributed by atoms with Gasteiger partial charge in [-0.05, 0) is 41.7 Å². The Balaban J connectivity index is 1.97. The Hall–Kier alpha value is -2.55. The number of rotatable bonds is 4. The van der Waals surface area contributed by atoms with E-state index in [1.807, 2.05) is 24.3 Å². The van der Waals surface area contributed by atoms with E-state index < -0.39 is 17.5 Å². The van der Waals surface area contributed by atoms with Crippen LogP contribution in [-0.4, -0.2) is 0 Å². The van der Waals surface area contributed by atoms with Crippen LogP contribution >= 0.6 is 0 Å². The number of hydrogen-bond acceptors (Lipinski definition) is 0. The standard InChI is InChI=1S/C22H19F3/c1-3-4-15-6-8-16(9-7-15)17-10-12-18(20(23)13-17)19-11-5-14(2)21(24)22(19)25/h5-13H,3-4H2,1-2H3. The summed E-state index contributed by atoms with van der Waals surface area (Å²) in [6.07, 6.45) is 2.08. The summed E-state index contributed by atoms with van der Waals surface area (Å²) < 4.78 is 42.4. The maximum absolute atomic E-state index is 14.5. The molecular formula is C22H19F3. The number of benzene rings is 3. The quantitative estimate of drug-likeness (QED) is 0.496. The van der Waals surface area contributed by atoms with Crippen molar-refractivity contribution < 1.29 is 13.2 Å². The number of halogens is 3. The van der Waals surface area contributed by atoms with Crippen LogP contribution in [-0.2, 0) is 6.42 Å². The van der Waals surface area contributed by atoms with Gasteiger partial charge >= 0.3 is 0 Å². The molecule has 3 heteroatoms. The minimum atomic E-state index is -1.02. The van der Waals surface area contributed by atoms with Crippen molar-refractivity contribution in [3.63, 3.8) is 0 Å². The van der Waals surface area contributed by atoms with Crippen molar-refractivity contribution in [1.82, 2.24) is 0 Å². The molecule has 0 radical (unpaired) electrons. The minimum absolute atomic E-state index is 0.0581. The van der Waals surface area contributed by atoms with Crippen LogP contribution in [0.5, 0.6) is 0 Å². The minimum Gasteiger partial charge on any atom is -0.206 e. The van der Waals surface area contributed by atoms with E-state index in [1.54, 1.807) is 6.07 Å². The molecule has 0 aliphatic heterocycles. The van der Waals surface area contributed by atoms with Gasteiger partial charge in [0, 0.05) is 11.1 Å².